The summed E-state index contributed by atoms with van der Waals surface area (Å²) >= 11 is 0. The molecule has 0 aliphatic rings. The smallest absolute Gasteiger partial charge is 1.00 e. The molecule has 0 spiro atoms. The van der Waals surface area contributed by atoms with Crippen LogP contribution in [0.25, 0.3) is 0 Å². The molecule has 4 heavy (non-hydrogen) atoms. The van der Waals surface area contributed by atoms with Gasteiger partial charge in [-0.2, -0.15) is 0 Å². The average Bonchev–Trinajstić information content (AvgIpc) is 0. The maximum atomic E-state index is 0. The molecule has 0 heterocycles. The minimum Gasteiger partial charge on any atom is -1.00 e. The van der Waals surface area contributed by atoms with Gasteiger partial charge >= 0.3 is 37.7 Å². The van der Waals surface area contributed by atoms with Crippen molar-refractivity contribution in [2.45, 2.75) is 0 Å². The van der Waals surface area contributed by atoms with Gasteiger partial charge in [-0.3, -0.25) is 0 Å². The van der Waals surface area contributed by atoms with Crippen molar-refractivity contribution in [1.82, 2.24) is 0 Å². The van der Waals surface area contributed by atoms with Gasteiger partial charge in [0.25, 0.3) is 0 Å². The van der Waals surface area contributed by atoms with Crippen molar-refractivity contribution in [2.24, 2.45) is 0 Å². The van der Waals surface area contributed by atoms with Crippen LogP contribution in [0, 0.1) is 0 Å². The van der Waals surface area contributed by atoms with Gasteiger partial charge in [0.2, 0.25) is 0 Å². The van der Waals surface area contributed by atoms with E-state index in [-0.39, 0.29) is 89.5 Å². The summed E-state index contributed by atoms with van der Waals surface area (Å²) in [5.41, 5.74) is 0. The summed E-state index contributed by atoms with van der Waals surface area (Å²) in [6.07, 6.45) is 0. The minimum absolute atomic E-state index is 0. The predicted octanol–water partition coefficient (Wildman–Crippen LogP) is -0.542. The number of hydrogen-bond acceptors (Lipinski definition) is 0. The third-order valence-corrected chi connectivity index (χ3v) is 0. The van der Waals surface area contributed by atoms with Crippen LogP contribution >= 0.6 is 0 Å². The van der Waals surface area contributed by atoms with Crippen LogP contribution in [0.4, 0.5) is 0 Å². The summed E-state index contributed by atoms with van der Waals surface area (Å²) < 4.78 is 0. The zero-order chi connectivity index (χ0) is 0. The summed E-state index contributed by atoms with van der Waals surface area (Å²) in [4.78, 5) is 0. The van der Waals surface area contributed by atoms with E-state index in [1.807, 2.05) is 0 Å². The Balaban J connectivity index is 0. The van der Waals surface area contributed by atoms with E-state index in [4.69, 9.17) is 0 Å². The molecule has 0 nitrogen and oxygen atoms in total. The van der Waals surface area contributed by atoms with Gasteiger partial charge in [-0.25, -0.2) is 0 Å². The summed E-state index contributed by atoms with van der Waals surface area (Å²) in [5.74, 6) is 0. The molecule has 0 aliphatic heterocycles. The van der Waals surface area contributed by atoms with Gasteiger partial charge in [-0.15, -0.1) is 0 Å². The normalized spacial score (nSPS) is 0. The van der Waals surface area contributed by atoms with E-state index in [0.29, 0.717) is 0 Å². The molecule has 0 bridgehead atoms. The predicted molar refractivity (Wildman–Crippen MR) is 13.7 cm³/mol. The molecule has 0 aromatic rings. The fourth-order valence-electron chi connectivity index (χ4n) is 0. The zero-order valence-corrected chi connectivity index (χ0v) is 9.58. The third-order valence-electron chi connectivity index (χ3n) is 0. The molecular formula is H2BCaMoZn. The first-order valence-electron chi connectivity index (χ1n) is 0. The molecule has 15 valence electrons. The van der Waals surface area contributed by atoms with Crippen LogP contribution in [0.15, 0.2) is 0 Å². The summed E-state index contributed by atoms with van der Waals surface area (Å²) in [5, 5.41) is 0. The molecule has 0 saturated carbocycles. The largest absolute Gasteiger partial charge is 2.00 e. The van der Waals surface area contributed by atoms with Gasteiger partial charge < -0.3 is 2.85 Å². The van der Waals surface area contributed by atoms with Gasteiger partial charge in [-0.05, 0) is 0 Å². The molecule has 0 N–H and O–H groups in total. The second kappa shape index (κ2) is 17.4. The van der Waals surface area contributed by atoms with Crippen LogP contribution in [0.1, 0.15) is 2.85 Å². The fraction of sp³-hybridized carbons (Fsp3) is 0. The van der Waals surface area contributed by atoms with Crippen LogP contribution in [0.5, 0.6) is 0 Å². The Labute approximate surface area is 88.0 Å². The van der Waals surface area contributed by atoms with Crippen LogP contribution in [0.3, 0.4) is 0 Å². The van der Waals surface area contributed by atoms with Gasteiger partial charge in [0, 0.05) is 49.0 Å². The Bertz CT molecular complexity index is 13.5. The maximum Gasteiger partial charge on any atom is 2.00 e. The molecule has 4 heteroatoms. The van der Waals surface area contributed by atoms with Crippen molar-refractivity contribution in [2.75, 3.05) is 0 Å². The molecule has 0 amide bonds. The molecule has 0 rings (SSSR count). The first kappa shape index (κ1) is 30.3. The Kier molecular flexibility index (Phi) is 132. The second-order valence-electron chi connectivity index (χ2n) is 0. The van der Waals surface area contributed by atoms with E-state index in [2.05, 4.69) is 0 Å². The van der Waals surface area contributed by atoms with E-state index in [9.17, 15) is 0 Å². The molecule has 0 aromatic carbocycles. The third kappa shape index (κ3) is 8.82. The molecule has 0 unspecified atom stereocenters. The first-order valence-corrected chi connectivity index (χ1v) is 0. The molecule has 0 fully saturated rings. The van der Waals surface area contributed by atoms with Crippen LogP contribution < -0.4 is 0 Å². The van der Waals surface area contributed by atoms with Gasteiger partial charge in [0.15, 0.2) is 0 Å². The van der Waals surface area contributed by atoms with Crippen molar-refractivity contribution in [3.05, 3.63) is 0 Å². The van der Waals surface area contributed by atoms with E-state index in [1.165, 1.54) is 0 Å². The fourth-order valence-corrected chi connectivity index (χ4v) is 0. The molecule has 0 aliphatic carbocycles. The van der Waals surface area contributed by atoms with Crippen LogP contribution in [-0.4, -0.2) is 46.2 Å². The summed E-state index contributed by atoms with van der Waals surface area (Å²) in [6, 6.07) is 0. The topological polar surface area (TPSA) is 0 Å². The molecule has 0 saturated heterocycles. The Morgan fingerprint density at radius 3 is 1.25 bits per heavy atom. The molecular weight excluding hydrogens is 212 g/mol. The summed E-state index contributed by atoms with van der Waals surface area (Å²) in [7, 11) is 0. The second-order valence-corrected chi connectivity index (χ2v) is 0. The van der Waals surface area contributed by atoms with Crippen molar-refractivity contribution >= 4 is 46.2 Å². The minimum atomic E-state index is 0. The maximum absolute atomic E-state index is 0. The quantitative estimate of drug-likeness (QED) is 0.475. The molecule has 0 atom stereocenters. The van der Waals surface area contributed by atoms with Gasteiger partial charge in [-0.1, -0.05) is 0 Å². The van der Waals surface area contributed by atoms with Gasteiger partial charge in [0.05, 0.1) is 0 Å². The zero-order valence-electron chi connectivity index (χ0n) is 4.40. The van der Waals surface area contributed by atoms with Gasteiger partial charge in [0.1, 0.15) is 0 Å². The standard InChI is InChI=1S/B.Ca.Mo.Zn.2H/q;+2;;;2*-1. The summed E-state index contributed by atoms with van der Waals surface area (Å²) in [6.45, 7) is 0. The molecule has 3 radical (unpaired) electrons. The Morgan fingerprint density at radius 2 is 1.25 bits per heavy atom. The SMILES string of the molecule is [B].[Ca+2].[H-].[H-].[Mo].[Zn]. The van der Waals surface area contributed by atoms with E-state index in [1.54, 1.807) is 0 Å². The molecule has 0 aromatic heterocycles. The van der Waals surface area contributed by atoms with E-state index in [0.717, 1.165) is 0 Å². The average molecular weight is 214 g/mol. The van der Waals surface area contributed by atoms with E-state index < -0.39 is 0 Å². The number of rotatable bonds is 0. The van der Waals surface area contributed by atoms with Crippen molar-refractivity contribution in [3.63, 3.8) is 0 Å². The van der Waals surface area contributed by atoms with Crippen LogP contribution in [0.2, 0.25) is 0 Å². The first-order chi connectivity index (χ1) is 0. The van der Waals surface area contributed by atoms with E-state index >= 15 is 0 Å². The van der Waals surface area contributed by atoms with Crippen molar-refractivity contribution < 1.29 is 43.4 Å². The Morgan fingerprint density at radius 1 is 1.25 bits per heavy atom. The number of hydrogen-bond donors (Lipinski definition) is 0. The Hall–Kier alpha value is 2.64. The van der Waals surface area contributed by atoms with Crippen molar-refractivity contribution in [1.29, 1.82) is 0 Å². The van der Waals surface area contributed by atoms with Crippen molar-refractivity contribution in [3.8, 4) is 0 Å². The monoisotopic (exact) mass is 215 g/mol. The van der Waals surface area contributed by atoms with Crippen LogP contribution in [-0.2, 0) is 40.5 Å².